The molecule has 1 amide bonds. The Kier molecular flexibility index (Phi) is 11.5. The zero-order valence-electron chi connectivity index (χ0n) is 14.2. The first-order valence-corrected chi connectivity index (χ1v) is 7.95. The highest BCUT2D eigenvalue weighted by Crippen LogP contribution is 2.05. The minimum Gasteiger partial charge on any atom is -0.379 e. The van der Waals surface area contributed by atoms with Crippen molar-refractivity contribution in [3.8, 4) is 0 Å². The van der Waals surface area contributed by atoms with E-state index in [4.69, 9.17) is 9.47 Å². The Labute approximate surface area is 128 Å². The molecule has 0 aromatic heterocycles. The van der Waals surface area contributed by atoms with Gasteiger partial charge in [0.2, 0.25) is 5.91 Å². The van der Waals surface area contributed by atoms with E-state index in [0.29, 0.717) is 19.1 Å². The van der Waals surface area contributed by atoms with Crippen LogP contribution in [0.2, 0.25) is 0 Å². The maximum atomic E-state index is 13.8. The third kappa shape index (κ3) is 11.6. The molecule has 4 nitrogen and oxygen atoms in total. The summed E-state index contributed by atoms with van der Waals surface area (Å²) >= 11 is 0. The Morgan fingerprint density at radius 1 is 1.10 bits per heavy atom. The van der Waals surface area contributed by atoms with Gasteiger partial charge in [-0.3, -0.25) is 4.79 Å². The van der Waals surface area contributed by atoms with Crippen LogP contribution >= 0.6 is 0 Å². The largest absolute Gasteiger partial charge is 0.379 e. The van der Waals surface area contributed by atoms with Crippen LogP contribution in [0.4, 0.5) is 4.39 Å². The lowest BCUT2D eigenvalue weighted by molar-refractivity contribution is -0.124. The number of hydrogen-bond acceptors (Lipinski definition) is 3. The highest BCUT2D eigenvalue weighted by Gasteiger charge is 2.18. The first-order valence-electron chi connectivity index (χ1n) is 7.95. The summed E-state index contributed by atoms with van der Waals surface area (Å²) in [6, 6.07) is 0. The molecule has 0 aliphatic heterocycles. The molecule has 0 radical (unpaired) electrons. The van der Waals surface area contributed by atoms with Crippen molar-refractivity contribution >= 4 is 5.91 Å². The van der Waals surface area contributed by atoms with Gasteiger partial charge < -0.3 is 14.8 Å². The van der Waals surface area contributed by atoms with Gasteiger partial charge in [-0.2, -0.15) is 0 Å². The van der Waals surface area contributed by atoms with E-state index in [9.17, 15) is 9.18 Å². The summed E-state index contributed by atoms with van der Waals surface area (Å²) in [4.78, 5) is 11.3. The van der Waals surface area contributed by atoms with Crippen LogP contribution in [0.25, 0.3) is 0 Å². The summed E-state index contributed by atoms with van der Waals surface area (Å²) in [7, 11) is 0. The average Bonchev–Trinajstić information content (AvgIpc) is 2.42. The van der Waals surface area contributed by atoms with E-state index in [-0.39, 0.29) is 18.4 Å². The molecule has 0 spiro atoms. The van der Waals surface area contributed by atoms with E-state index in [2.05, 4.69) is 19.2 Å². The number of amides is 1. The van der Waals surface area contributed by atoms with Gasteiger partial charge in [-0.15, -0.1) is 0 Å². The lowest BCUT2D eigenvalue weighted by Gasteiger charge is -2.18. The number of ether oxygens (including phenoxy) is 2. The van der Waals surface area contributed by atoms with E-state index in [0.717, 1.165) is 19.4 Å². The van der Waals surface area contributed by atoms with Gasteiger partial charge in [-0.25, -0.2) is 4.39 Å². The predicted molar refractivity (Wildman–Crippen MR) is 83.0 cm³/mol. The van der Waals surface area contributed by atoms with Gasteiger partial charge in [0.15, 0.2) is 0 Å². The summed E-state index contributed by atoms with van der Waals surface area (Å²) in [5.74, 6) is 0.421. The second kappa shape index (κ2) is 11.9. The lowest BCUT2D eigenvalue weighted by Crippen LogP contribution is -2.38. The number of halogens is 1. The SMILES string of the molecule is CC(C)CCCOCCOC(C)C(F)CNC(=O)C(C)C. The molecule has 0 bridgehead atoms. The summed E-state index contributed by atoms with van der Waals surface area (Å²) < 4.78 is 24.6. The Hall–Kier alpha value is -0.680. The van der Waals surface area contributed by atoms with Crippen LogP contribution in [0.3, 0.4) is 0 Å². The molecular formula is C16H32FNO3. The maximum absolute atomic E-state index is 13.8. The van der Waals surface area contributed by atoms with Gasteiger partial charge in [0.1, 0.15) is 6.17 Å². The van der Waals surface area contributed by atoms with E-state index in [1.54, 1.807) is 20.8 Å². The Morgan fingerprint density at radius 3 is 2.33 bits per heavy atom. The van der Waals surface area contributed by atoms with E-state index < -0.39 is 12.3 Å². The standard InChI is InChI=1S/C16H32FNO3/c1-12(2)7-6-8-20-9-10-21-14(5)15(17)11-18-16(19)13(3)4/h12-15H,6-11H2,1-5H3,(H,18,19). The molecule has 1 N–H and O–H groups in total. The van der Waals surface area contributed by atoms with Crippen LogP contribution in [-0.2, 0) is 14.3 Å². The second-order valence-electron chi connectivity index (χ2n) is 6.14. The lowest BCUT2D eigenvalue weighted by atomic mass is 10.1. The third-order valence-corrected chi connectivity index (χ3v) is 3.18. The molecule has 21 heavy (non-hydrogen) atoms. The first-order chi connectivity index (χ1) is 9.84. The van der Waals surface area contributed by atoms with Crippen molar-refractivity contribution in [1.82, 2.24) is 5.32 Å². The minimum atomic E-state index is -1.20. The van der Waals surface area contributed by atoms with Crippen LogP contribution in [0.1, 0.15) is 47.5 Å². The topological polar surface area (TPSA) is 47.6 Å². The fourth-order valence-electron chi connectivity index (χ4n) is 1.66. The quantitative estimate of drug-likeness (QED) is 0.564. The Morgan fingerprint density at radius 2 is 1.76 bits per heavy atom. The van der Waals surface area contributed by atoms with Gasteiger partial charge in [-0.05, 0) is 25.7 Å². The van der Waals surface area contributed by atoms with Crippen molar-refractivity contribution in [3.63, 3.8) is 0 Å². The molecule has 0 heterocycles. The summed E-state index contributed by atoms with van der Waals surface area (Å²) in [5.41, 5.74) is 0. The smallest absolute Gasteiger partial charge is 0.222 e. The van der Waals surface area contributed by atoms with E-state index in [1.807, 2.05) is 0 Å². The van der Waals surface area contributed by atoms with E-state index >= 15 is 0 Å². The monoisotopic (exact) mass is 305 g/mol. The zero-order valence-corrected chi connectivity index (χ0v) is 14.2. The van der Waals surface area contributed by atoms with Crippen molar-refractivity contribution in [1.29, 1.82) is 0 Å². The third-order valence-electron chi connectivity index (χ3n) is 3.18. The summed E-state index contributed by atoms with van der Waals surface area (Å²) in [6.45, 7) is 11.2. The van der Waals surface area contributed by atoms with Crippen molar-refractivity contribution < 1.29 is 18.7 Å². The van der Waals surface area contributed by atoms with Crippen molar-refractivity contribution in [2.45, 2.75) is 59.7 Å². The molecule has 0 aliphatic rings. The molecule has 0 saturated carbocycles. The molecule has 2 unspecified atom stereocenters. The number of rotatable bonds is 12. The molecule has 2 atom stereocenters. The molecule has 0 fully saturated rings. The number of hydrogen-bond donors (Lipinski definition) is 1. The van der Waals surface area contributed by atoms with Crippen LogP contribution < -0.4 is 5.32 Å². The zero-order chi connectivity index (χ0) is 16.3. The van der Waals surface area contributed by atoms with Crippen LogP contribution in [0.15, 0.2) is 0 Å². The number of alkyl halides is 1. The summed E-state index contributed by atoms with van der Waals surface area (Å²) in [5, 5.41) is 2.57. The minimum absolute atomic E-state index is 0.00652. The van der Waals surface area contributed by atoms with Crippen LogP contribution in [0.5, 0.6) is 0 Å². The molecule has 126 valence electrons. The summed E-state index contributed by atoms with van der Waals surface area (Å²) in [6.07, 6.45) is 0.449. The molecule has 5 heteroatoms. The average molecular weight is 305 g/mol. The molecule has 0 saturated heterocycles. The molecule has 0 rings (SSSR count). The number of carbonyl (C=O) groups is 1. The fraction of sp³-hybridized carbons (Fsp3) is 0.938. The second-order valence-corrected chi connectivity index (χ2v) is 6.14. The van der Waals surface area contributed by atoms with Crippen molar-refractivity contribution in [3.05, 3.63) is 0 Å². The molecule has 0 aliphatic carbocycles. The molecular weight excluding hydrogens is 273 g/mol. The number of nitrogens with one attached hydrogen (secondary N) is 1. The molecule has 0 aromatic carbocycles. The van der Waals surface area contributed by atoms with Gasteiger partial charge in [0.05, 0.1) is 25.9 Å². The normalized spacial score (nSPS) is 14.5. The van der Waals surface area contributed by atoms with Crippen LogP contribution in [-0.4, -0.2) is 44.5 Å². The first kappa shape index (κ1) is 20.3. The van der Waals surface area contributed by atoms with Gasteiger partial charge in [0.25, 0.3) is 0 Å². The Balaban J connectivity index is 3.55. The Bertz CT molecular complexity index is 272. The van der Waals surface area contributed by atoms with Crippen LogP contribution in [0, 0.1) is 11.8 Å². The van der Waals surface area contributed by atoms with Gasteiger partial charge >= 0.3 is 0 Å². The fourth-order valence-corrected chi connectivity index (χ4v) is 1.66. The van der Waals surface area contributed by atoms with Gasteiger partial charge in [0, 0.05) is 12.5 Å². The maximum Gasteiger partial charge on any atom is 0.222 e. The highest BCUT2D eigenvalue weighted by atomic mass is 19.1. The van der Waals surface area contributed by atoms with Crippen molar-refractivity contribution in [2.24, 2.45) is 11.8 Å². The van der Waals surface area contributed by atoms with Crippen molar-refractivity contribution in [2.75, 3.05) is 26.4 Å². The highest BCUT2D eigenvalue weighted by molar-refractivity contribution is 5.77. The molecule has 0 aromatic rings. The number of carbonyl (C=O) groups excluding carboxylic acids is 1. The van der Waals surface area contributed by atoms with Gasteiger partial charge in [-0.1, -0.05) is 27.7 Å². The predicted octanol–water partition coefficient (Wildman–Crippen LogP) is 2.95. The van der Waals surface area contributed by atoms with E-state index in [1.165, 1.54) is 0 Å².